The topological polar surface area (TPSA) is 93.2 Å². The van der Waals surface area contributed by atoms with Crippen LogP contribution in [-0.2, 0) is 6.42 Å². The average molecular weight is 288 g/mol. The van der Waals surface area contributed by atoms with E-state index in [1.807, 2.05) is 26.0 Å². The molecule has 0 fully saturated rings. The lowest BCUT2D eigenvalue weighted by molar-refractivity contribution is 0.0953. The molecule has 0 aliphatic heterocycles. The molecule has 0 aromatic carbocycles. The van der Waals surface area contributed by atoms with E-state index >= 15 is 0 Å². The maximum Gasteiger partial charge on any atom is 0.251 e. The number of hydrogen-bond donors (Lipinski definition) is 3. The van der Waals surface area contributed by atoms with Gasteiger partial charge in [0, 0.05) is 24.2 Å². The second-order valence-electron chi connectivity index (χ2n) is 5.05. The third kappa shape index (κ3) is 4.06. The first-order valence-corrected chi connectivity index (χ1v) is 6.89. The van der Waals surface area contributed by atoms with Crippen LogP contribution >= 0.6 is 0 Å². The Labute approximate surface area is 123 Å². The molecule has 1 amide bonds. The van der Waals surface area contributed by atoms with Crippen molar-refractivity contribution in [3.05, 3.63) is 47.5 Å². The fraction of sp³-hybridized carbons (Fsp3) is 0.333. The lowest BCUT2D eigenvalue weighted by Crippen LogP contribution is -2.26. The van der Waals surface area contributed by atoms with Crippen molar-refractivity contribution in [1.82, 2.24) is 10.3 Å². The highest BCUT2D eigenvalue weighted by atomic mass is 16.3. The monoisotopic (exact) mass is 288 g/mol. The lowest BCUT2D eigenvalue weighted by atomic mass is 10.1. The molecule has 0 atom stereocenters. The summed E-state index contributed by atoms with van der Waals surface area (Å²) in [5.41, 5.74) is 3.85. The number of rotatable bonds is 6. The molecule has 0 bridgehead atoms. The van der Waals surface area contributed by atoms with E-state index in [0.29, 0.717) is 24.3 Å². The second kappa shape index (κ2) is 6.90. The number of pyridine rings is 1. The third-order valence-electron chi connectivity index (χ3n) is 3.08. The van der Waals surface area contributed by atoms with E-state index in [0.717, 1.165) is 11.5 Å². The van der Waals surface area contributed by atoms with Crippen LogP contribution in [-0.4, -0.2) is 17.4 Å². The van der Waals surface area contributed by atoms with Crippen molar-refractivity contribution in [2.45, 2.75) is 26.2 Å². The molecule has 0 spiro atoms. The molecule has 0 unspecified atom stereocenters. The van der Waals surface area contributed by atoms with E-state index in [2.05, 4.69) is 15.7 Å². The van der Waals surface area contributed by atoms with Gasteiger partial charge in [-0.1, -0.05) is 13.8 Å². The SMILES string of the molecule is CC(C)c1cc(C(=O)NCCc2ccco2)cc(NN)n1. The van der Waals surface area contributed by atoms with Gasteiger partial charge in [0.05, 0.1) is 6.26 Å². The Balaban J connectivity index is 2.02. The number of nitrogens with two attached hydrogens (primary N) is 1. The van der Waals surface area contributed by atoms with Gasteiger partial charge in [0.2, 0.25) is 0 Å². The molecule has 6 heteroatoms. The summed E-state index contributed by atoms with van der Waals surface area (Å²) >= 11 is 0. The molecule has 0 saturated heterocycles. The minimum absolute atomic E-state index is 0.151. The zero-order chi connectivity index (χ0) is 15.2. The zero-order valence-electron chi connectivity index (χ0n) is 12.2. The molecular formula is C15H20N4O2. The van der Waals surface area contributed by atoms with Crippen molar-refractivity contribution in [3.8, 4) is 0 Å². The van der Waals surface area contributed by atoms with Crippen LogP contribution in [0.2, 0.25) is 0 Å². The molecule has 4 N–H and O–H groups in total. The maximum atomic E-state index is 12.2. The Morgan fingerprint density at radius 1 is 1.43 bits per heavy atom. The molecule has 0 aliphatic carbocycles. The van der Waals surface area contributed by atoms with Crippen molar-refractivity contribution in [1.29, 1.82) is 0 Å². The molecule has 21 heavy (non-hydrogen) atoms. The molecule has 2 aromatic heterocycles. The van der Waals surface area contributed by atoms with Gasteiger partial charge in [-0.05, 0) is 30.2 Å². The van der Waals surface area contributed by atoms with Crippen LogP contribution in [0.4, 0.5) is 5.82 Å². The molecule has 0 saturated carbocycles. The lowest BCUT2D eigenvalue weighted by Gasteiger charge is -2.11. The standard InChI is InChI=1S/C15H20N4O2/c1-10(2)13-8-11(9-14(18-13)19-16)15(20)17-6-5-12-4-3-7-21-12/h3-4,7-10H,5-6,16H2,1-2H3,(H,17,20)(H,18,19). The molecule has 112 valence electrons. The fourth-order valence-corrected chi connectivity index (χ4v) is 1.91. The predicted octanol–water partition coefficient (Wildman–Crippen LogP) is 2.06. The van der Waals surface area contributed by atoms with Crippen molar-refractivity contribution < 1.29 is 9.21 Å². The number of hydrazine groups is 1. The maximum absolute atomic E-state index is 12.2. The third-order valence-corrected chi connectivity index (χ3v) is 3.08. The molecule has 6 nitrogen and oxygen atoms in total. The van der Waals surface area contributed by atoms with Gasteiger partial charge in [-0.2, -0.15) is 0 Å². The van der Waals surface area contributed by atoms with Gasteiger partial charge in [0.1, 0.15) is 11.6 Å². The highest BCUT2D eigenvalue weighted by Gasteiger charge is 2.11. The van der Waals surface area contributed by atoms with Gasteiger partial charge in [-0.15, -0.1) is 0 Å². The number of amides is 1. The van der Waals surface area contributed by atoms with E-state index in [1.54, 1.807) is 18.4 Å². The van der Waals surface area contributed by atoms with Crippen LogP contribution in [0.15, 0.2) is 34.9 Å². The number of furan rings is 1. The van der Waals surface area contributed by atoms with Crippen molar-refractivity contribution >= 4 is 11.7 Å². The second-order valence-corrected chi connectivity index (χ2v) is 5.05. The number of aromatic nitrogens is 1. The van der Waals surface area contributed by atoms with Gasteiger partial charge < -0.3 is 15.2 Å². The Bertz CT molecular complexity index is 594. The van der Waals surface area contributed by atoms with E-state index in [9.17, 15) is 4.79 Å². The summed E-state index contributed by atoms with van der Waals surface area (Å²) in [6.45, 7) is 4.54. The minimum Gasteiger partial charge on any atom is -0.469 e. The predicted molar refractivity (Wildman–Crippen MR) is 80.9 cm³/mol. The largest absolute Gasteiger partial charge is 0.469 e. The summed E-state index contributed by atoms with van der Waals surface area (Å²) in [5, 5.41) is 2.86. The summed E-state index contributed by atoms with van der Waals surface area (Å²) in [6, 6.07) is 7.13. The van der Waals surface area contributed by atoms with E-state index < -0.39 is 0 Å². The van der Waals surface area contributed by atoms with Crippen LogP contribution in [0.3, 0.4) is 0 Å². The number of anilines is 1. The van der Waals surface area contributed by atoms with Crippen molar-refractivity contribution in [3.63, 3.8) is 0 Å². The first-order chi connectivity index (χ1) is 10.1. The fourth-order valence-electron chi connectivity index (χ4n) is 1.91. The number of hydrogen-bond acceptors (Lipinski definition) is 5. The van der Waals surface area contributed by atoms with Gasteiger partial charge in [0.15, 0.2) is 0 Å². The number of nitrogens with one attached hydrogen (secondary N) is 2. The van der Waals surface area contributed by atoms with Crippen LogP contribution in [0.25, 0.3) is 0 Å². The summed E-state index contributed by atoms with van der Waals surface area (Å²) in [4.78, 5) is 16.5. The summed E-state index contributed by atoms with van der Waals surface area (Å²) < 4.78 is 5.22. The smallest absolute Gasteiger partial charge is 0.251 e. The van der Waals surface area contributed by atoms with Crippen molar-refractivity contribution in [2.24, 2.45) is 5.84 Å². The first-order valence-electron chi connectivity index (χ1n) is 6.89. The quantitative estimate of drug-likeness (QED) is 0.559. The van der Waals surface area contributed by atoms with E-state index in [1.165, 1.54) is 0 Å². The highest BCUT2D eigenvalue weighted by molar-refractivity contribution is 5.95. The normalized spacial score (nSPS) is 10.7. The first kappa shape index (κ1) is 15.1. The van der Waals surface area contributed by atoms with Crippen LogP contribution in [0.5, 0.6) is 0 Å². The molecule has 0 aliphatic rings. The zero-order valence-corrected chi connectivity index (χ0v) is 12.2. The Morgan fingerprint density at radius 2 is 2.24 bits per heavy atom. The number of nitrogen functional groups attached to an aromatic ring is 1. The molecule has 2 heterocycles. The number of carbonyl (C=O) groups is 1. The summed E-state index contributed by atoms with van der Waals surface area (Å²) in [6.07, 6.45) is 2.27. The molecule has 2 aromatic rings. The summed E-state index contributed by atoms with van der Waals surface area (Å²) in [5.74, 6) is 6.79. The van der Waals surface area contributed by atoms with E-state index in [4.69, 9.17) is 10.3 Å². The molecular weight excluding hydrogens is 268 g/mol. The van der Waals surface area contributed by atoms with Gasteiger partial charge >= 0.3 is 0 Å². The average Bonchev–Trinajstić information content (AvgIpc) is 2.99. The Morgan fingerprint density at radius 3 is 2.86 bits per heavy atom. The van der Waals surface area contributed by atoms with Gasteiger partial charge in [-0.3, -0.25) is 4.79 Å². The van der Waals surface area contributed by atoms with Gasteiger partial charge in [-0.25, -0.2) is 10.8 Å². The van der Waals surface area contributed by atoms with Crippen LogP contribution in [0, 0.1) is 0 Å². The number of carbonyl (C=O) groups excluding carboxylic acids is 1. The van der Waals surface area contributed by atoms with Gasteiger partial charge in [0.25, 0.3) is 5.91 Å². The minimum atomic E-state index is -0.151. The summed E-state index contributed by atoms with van der Waals surface area (Å²) in [7, 11) is 0. The molecule has 2 rings (SSSR count). The van der Waals surface area contributed by atoms with E-state index in [-0.39, 0.29) is 11.8 Å². The highest BCUT2D eigenvalue weighted by Crippen LogP contribution is 2.17. The Hall–Kier alpha value is -2.34. The number of nitrogens with zero attached hydrogens (tertiary/aromatic N) is 1. The van der Waals surface area contributed by atoms with Crippen LogP contribution in [0.1, 0.15) is 41.6 Å². The Kier molecular flexibility index (Phi) is 4.94. The van der Waals surface area contributed by atoms with Crippen LogP contribution < -0.4 is 16.6 Å². The molecule has 0 radical (unpaired) electrons. The van der Waals surface area contributed by atoms with Crippen molar-refractivity contribution in [2.75, 3.05) is 12.0 Å².